The summed E-state index contributed by atoms with van der Waals surface area (Å²) >= 11 is 12.6. The van der Waals surface area contributed by atoms with Crippen LogP contribution in [0.1, 0.15) is 32.2 Å². The highest BCUT2D eigenvalue weighted by atomic mass is 35.5. The van der Waals surface area contributed by atoms with Crippen molar-refractivity contribution in [2.24, 2.45) is 0 Å². The Morgan fingerprint density at radius 1 is 0.968 bits per heavy atom. The van der Waals surface area contributed by atoms with E-state index in [1.165, 1.54) is 0 Å². The molecule has 0 aliphatic rings. The van der Waals surface area contributed by atoms with Crippen LogP contribution in [0, 0.1) is 11.3 Å². The van der Waals surface area contributed by atoms with Gasteiger partial charge in [0.1, 0.15) is 5.82 Å². The van der Waals surface area contributed by atoms with Gasteiger partial charge in [0.05, 0.1) is 27.7 Å². The Hall–Kier alpha value is -3.20. The highest BCUT2D eigenvalue weighted by Crippen LogP contribution is 2.37. The van der Waals surface area contributed by atoms with Crippen LogP contribution >= 0.6 is 23.2 Å². The van der Waals surface area contributed by atoms with Gasteiger partial charge in [0.25, 0.3) is 5.56 Å². The lowest BCUT2D eigenvalue weighted by Gasteiger charge is -2.18. The summed E-state index contributed by atoms with van der Waals surface area (Å²) in [6, 6.07) is 16.2. The van der Waals surface area contributed by atoms with E-state index in [-0.39, 0.29) is 11.0 Å². The van der Waals surface area contributed by atoms with Gasteiger partial charge in [0, 0.05) is 21.6 Å². The average Bonchev–Trinajstić information content (AvgIpc) is 2.73. The summed E-state index contributed by atoms with van der Waals surface area (Å²) in [4.78, 5) is 25.1. The van der Waals surface area contributed by atoms with Crippen LogP contribution in [0.25, 0.3) is 33.4 Å². The van der Waals surface area contributed by atoms with Gasteiger partial charge in [-0.2, -0.15) is 5.26 Å². The fourth-order valence-corrected chi connectivity index (χ4v) is 3.65. The predicted molar refractivity (Wildman–Crippen MR) is 124 cm³/mol. The third-order valence-electron chi connectivity index (χ3n) is 4.92. The molecular formula is C24H18Cl2N4O. The molecule has 4 aromatic rings. The number of nitrogens with zero attached hydrogens (tertiary/aromatic N) is 3. The first-order chi connectivity index (χ1) is 14.7. The Morgan fingerprint density at radius 3 is 2.29 bits per heavy atom. The van der Waals surface area contributed by atoms with Crippen LogP contribution in [-0.2, 0) is 5.41 Å². The van der Waals surface area contributed by atoms with Gasteiger partial charge in [-0.3, -0.25) is 4.79 Å². The first-order valence-electron chi connectivity index (χ1n) is 9.59. The van der Waals surface area contributed by atoms with Gasteiger partial charge in [0.2, 0.25) is 0 Å². The van der Waals surface area contributed by atoms with Crippen molar-refractivity contribution < 1.29 is 0 Å². The zero-order valence-corrected chi connectivity index (χ0v) is 18.6. The van der Waals surface area contributed by atoms with Crippen LogP contribution in [0.5, 0.6) is 0 Å². The summed E-state index contributed by atoms with van der Waals surface area (Å²) < 4.78 is 0. The second kappa shape index (κ2) is 7.81. The largest absolute Gasteiger partial charge is 0.309 e. The van der Waals surface area contributed by atoms with Gasteiger partial charge >= 0.3 is 0 Å². The molecule has 0 unspecified atom stereocenters. The minimum atomic E-state index is -0.351. The molecule has 31 heavy (non-hydrogen) atoms. The molecule has 0 amide bonds. The Labute approximate surface area is 189 Å². The third kappa shape index (κ3) is 4.05. The Bertz CT molecular complexity index is 1410. The monoisotopic (exact) mass is 448 g/mol. The molecule has 2 heterocycles. The quantitative estimate of drug-likeness (QED) is 0.399. The van der Waals surface area contributed by atoms with Crippen molar-refractivity contribution in [3.63, 3.8) is 0 Å². The maximum absolute atomic E-state index is 12.9. The standard InChI is InChI=1S/C24H18Cl2N4O/c1-24(2,3)23-29-21-18(22(31)30-23)11-17(14-5-7-15(25)8-6-14)20(28-21)16-9-4-13(12-27)10-19(16)26/h4-11H,1-3H3,(H,28,29,30,31). The third-order valence-corrected chi connectivity index (χ3v) is 5.48. The fraction of sp³-hybridized carbons (Fsp3) is 0.167. The molecule has 7 heteroatoms. The lowest BCUT2D eigenvalue weighted by Crippen LogP contribution is -2.22. The lowest BCUT2D eigenvalue weighted by molar-refractivity contribution is 0.545. The second-order valence-electron chi connectivity index (χ2n) is 8.23. The molecule has 0 aliphatic carbocycles. The molecule has 0 radical (unpaired) electrons. The molecule has 154 valence electrons. The number of nitriles is 1. The minimum absolute atomic E-state index is 0.255. The molecule has 1 N–H and O–H groups in total. The predicted octanol–water partition coefficient (Wildman–Crippen LogP) is 6.13. The van der Waals surface area contributed by atoms with E-state index in [4.69, 9.17) is 28.2 Å². The van der Waals surface area contributed by atoms with Crippen molar-refractivity contribution in [3.05, 3.63) is 80.3 Å². The number of aromatic amines is 1. The Kier molecular flexibility index (Phi) is 5.30. The molecule has 0 saturated heterocycles. The van der Waals surface area contributed by atoms with Crippen molar-refractivity contribution in [1.82, 2.24) is 15.0 Å². The summed E-state index contributed by atoms with van der Waals surface area (Å²) in [5, 5.41) is 10.5. The molecule has 0 saturated carbocycles. The molecule has 4 rings (SSSR count). The number of H-pyrrole nitrogens is 1. The number of aromatic nitrogens is 3. The molecule has 0 atom stereocenters. The van der Waals surface area contributed by atoms with E-state index in [9.17, 15) is 10.1 Å². The second-order valence-corrected chi connectivity index (χ2v) is 9.08. The minimum Gasteiger partial charge on any atom is -0.309 e. The summed E-state index contributed by atoms with van der Waals surface area (Å²) in [5.41, 5.74) is 2.94. The van der Waals surface area contributed by atoms with Crippen LogP contribution in [0.2, 0.25) is 10.0 Å². The molecular weight excluding hydrogens is 431 g/mol. The van der Waals surface area contributed by atoms with Gasteiger partial charge in [-0.25, -0.2) is 9.97 Å². The highest BCUT2D eigenvalue weighted by Gasteiger charge is 2.21. The molecule has 2 aromatic carbocycles. The summed E-state index contributed by atoms with van der Waals surface area (Å²) in [5.74, 6) is 0.550. The van der Waals surface area contributed by atoms with E-state index in [2.05, 4.69) is 16.0 Å². The van der Waals surface area contributed by atoms with E-state index in [1.54, 1.807) is 36.4 Å². The van der Waals surface area contributed by atoms with Gasteiger partial charge in [0.15, 0.2) is 5.65 Å². The number of hydrogen-bond donors (Lipinski definition) is 1. The molecule has 0 aliphatic heterocycles. The normalized spacial score (nSPS) is 11.5. The first-order valence-corrected chi connectivity index (χ1v) is 10.3. The van der Waals surface area contributed by atoms with Crippen molar-refractivity contribution in [2.45, 2.75) is 26.2 Å². The zero-order valence-electron chi connectivity index (χ0n) is 17.1. The first kappa shape index (κ1) is 21.0. The van der Waals surface area contributed by atoms with Crippen LogP contribution in [-0.4, -0.2) is 15.0 Å². The van der Waals surface area contributed by atoms with Gasteiger partial charge in [-0.05, 0) is 42.0 Å². The number of rotatable bonds is 2. The van der Waals surface area contributed by atoms with Crippen LogP contribution < -0.4 is 5.56 Å². The van der Waals surface area contributed by atoms with E-state index < -0.39 is 0 Å². The number of hydrogen-bond acceptors (Lipinski definition) is 4. The Morgan fingerprint density at radius 2 is 1.68 bits per heavy atom. The molecule has 0 fully saturated rings. The molecule has 0 bridgehead atoms. The maximum atomic E-state index is 12.9. The van der Waals surface area contributed by atoms with Crippen LogP contribution in [0.3, 0.4) is 0 Å². The number of pyridine rings is 1. The average molecular weight is 449 g/mol. The van der Waals surface area contributed by atoms with Crippen molar-refractivity contribution >= 4 is 34.2 Å². The maximum Gasteiger partial charge on any atom is 0.260 e. The number of halogens is 2. The number of nitrogens with one attached hydrogen (secondary N) is 1. The smallest absolute Gasteiger partial charge is 0.260 e. The topological polar surface area (TPSA) is 82.4 Å². The molecule has 5 nitrogen and oxygen atoms in total. The zero-order chi connectivity index (χ0) is 22.3. The van der Waals surface area contributed by atoms with E-state index in [0.717, 1.165) is 5.56 Å². The number of benzene rings is 2. The highest BCUT2D eigenvalue weighted by molar-refractivity contribution is 6.33. The van der Waals surface area contributed by atoms with E-state index >= 15 is 0 Å². The molecule has 0 spiro atoms. The summed E-state index contributed by atoms with van der Waals surface area (Å²) in [6.07, 6.45) is 0. The van der Waals surface area contributed by atoms with Crippen molar-refractivity contribution in [1.29, 1.82) is 5.26 Å². The van der Waals surface area contributed by atoms with Gasteiger partial charge in [-0.15, -0.1) is 0 Å². The number of fused-ring (bicyclic) bond motifs is 1. The fourth-order valence-electron chi connectivity index (χ4n) is 3.25. The van der Waals surface area contributed by atoms with Crippen LogP contribution in [0.15, 0.2) is 53.3 Å². The Balaban J connectivity index is 2.08. The molecule has 2 aromatic heterocycles. The van der Waals surface area contributed by atoms with Gasteiger partial charge < -0.3 is 4.98 Å². The van der Waals surface area contributed by atoms with Crippen molar-refractivity contribution in [2.75, 3.05) is 0 Å². The summed E-state index contributed by atoms with van der Waals surface area (Å²) in [6.45, 7) is 5.91. The van der Waals surface area contributed by atoms with Gasteiger partial charge in [-0.1, -0.05) is 56.1 Å². The summed E-state index contributed by atoms with van der Waals surface area (Å²) in [7, 11) is 0. The lowest BCUT2D eigenvalue weighted by atomic mass is 9.95. The van der Waals surface area contributed by atoms with Crippen LogP contribution in [0.4, 0.5) is 0 Å². The van der Waals surface area contributed by atoms with E-state index in [0.29, 0.717) is 49.3 Å². The van der Waals surface area contributed by atoms with E-state index in [1.807, 2.05) is 32.9 Å². The van der Waals surface area contributed by atoms with Crippen molar-refractivity contribution in [3.8, 4) is 28.5 Å². The SMILES string of the molecule is CC(C)(C)c1nc2nc(-c3ccc(C#N)cc3Cl)c(-c3ccc(Cl)cc3)cc2c(=O)[nH]1.